The molecule has 39 heavy (non-hydrogen) atoms. The number of carboxylic acid groups (broad SMARTS) is 1. The normalized spacial score (nSPS) is 21.2. The lowest BCUT2D eigenvalue weighted by molar-refractivity contribution is 0.113. The molecule has 0 spiro atoms. The first-order chi connectivity index (χ1) is 18.7. The molecule has 1 aliphatic carbocycles. The van der Waals surface area contributed by atoms with Gasteiger partial charge in [-0.15, -0.1) is 0 Å². The fraction of sp³-hybridized carbons (Fsp3) is 0.581. The number of piperidine rings is 1. The highest BCUT2D eigenvalue weighted by molar-refractivity contribution is 5.75. The molecule has 3 heterocycles. The third-order valence-electron chi connectivity index (χ3n) is 8.65. The molecule has 2 aliphatic rings. The summed E-state index contributed by atoms with van der Waals surface area (Å²) in [7, 11) is 2.21. The van der Waals surface area contributed by atoms with Gasteiger partial charge in [0.25, 0.3) is 0 Å². The first-order valence-electron chi connectivity index (χ1n) is 14.5. The van der Waals surface area contributed by atoms with Crippen LogP contribution in [0.3, 0.4) is 0 Å². The number of rotatable bonds is 8. The molecule has 3 atom stereocenters. The molecule has 1 aromatic carbocycles. The second-order valence-corrected chi connectivity index (χ2v) is 12.6. The summed E-state index contributed by atoms with van der Waals surface area (Å²) in [5.41, 5.74) is 4.70. The fourth-order valence-electron chi connectivity index (χ4n) is 6.46. The maximum atomic E-state index is 11.5. The van der Waals surface area contributed by atoms with Gasteiger partial charge in [0.2, 0.25) is 0 Å². The van der Waals surface area contributed by atoms with Crippen molar-refractivity contribution in [1.82, 2.24) is 29.7 Å². The van der Waals surface area contributed by atoms with Crippen LogP contribution in [0.5, 0.6) is 0 Å². The number of fused-ring (bicyclic) bond motifs is 2. The van der Waals surface area contributed by atoms with E-state index in [0.717, 1.165) is 63.3 Å². The lowest BCUT2D eigenvalue weighted by Gasteiger charge is -2.39. The van der Waals surface area contributed by atoms with E-state index in [2.05, 4.69) is 83.9 Å². The number of amides is 1. The summed E-state index contributed by atoms with van der Waals surface area (Å²) < 4.78 is 2.44. The predicted octanol–water partition coefficient (Wildman–Crippen LogP) is 5.34. The van der Waals surface area contributed by atoms with Crippen molar-refractivity contribution in [2.24, 2.45) is 11.3 Å². The number of likely N-dealkylation sites (tertiary alicyclic amines) is 1. The number of para-hydroxylation sites is 2. The van der Waals surface area contributed by atoms with E-state index in [-0.39, 0.29) is 11.5 Å². The summed E-state index contributed by atoms with van der Waals surface area (Å²) in [6, 6.07) is 13.0. The van der Waals surface area contributed by atoms with Gasteiger partial charge in [-0.25, -0.2) is 9.78 Å². The second kappa shape index (κ2) is 11.6. The van der Waals surface area contributed by atoms with Gasteiger partial charge in [0.15, 0.2) is 0 Å². The topological polar surface area (TPSA) is 86.5 Å². The number of hydrogen-bond donors (Lipinski definition) is 2. The van der Waals surface area contributed by atoms with Gasteiger partial charge in [-0.05, 0) is 80.8 Å². The first-order valence-corrected chi connectivity index (χ1v) is 14.5. The number of carbonyl (C=O) groups is 1. The molecule has 0 bridgehead atoms. The lowest BCUT2D eigenvalue weighted by atomic mass is 9.85. The summed E-state index contributed by atoms with van der Waals surface area (Å²) in [6.45, 7) is 10.7. The van der Waals surface area contributed by atoms with Crippen LogP contribution in [-0.4, -0.2) is 68.3 Å². The molecule has 2 N–H and O–H groups in total. The number of hydrogen-bond acceptors (Lipinski definition) is 5. The van der Waals surface area contributed by atoms with Crippen LogP contribution in [0.4, 0.5) is 4.79 Å². The minimum absolute atomic E-state index is 0.112. The van der Waals surface area contributed by atoms with Crippen LogP contribution >= 0.6 is 0 Å². The molecule has 1 aliphatic heterocycles. The molecule has 1 saturated heterocycles. The van der Waals surface area contributed by atoms with Gasteiger partial charge in [0.05, 0.1) is 29.3 Å². The number of pyridine rings is 1. The largest absolute Gasteiger partial charge is 0.465 e. The van der Waals surface area contributed by atoms with Crippen LogP contribution in [0.15, 0.2) is 42.6 Å². The maximum absolute atomic E-state index is 11.5. The average Bonchev–Trinajstić information content (AvgIpc) is 3.24. The van der Waals surface area contributed by atoms with Crippen LogP contribution in [0.2, 0.25) is 0 Å². The number of nitrogens with one attached hydrogen (secondary N) is 1. The molecule has 2 aromatic heterocycles. The Morgan fingerprint density at radius 3 is 2.79 bits per heavy atom. The third-order valence-corrected chi connectivity index (χ3v) is 8.65. The van der Waals surface area contributed by atoms with Gasteiger partial charge < -0.3 is 19.9 Å². The molecule has 1 fully saturated rings. The van der Waals surface area contributed by atoms with Crippen LogP contribution in [0, 0.1) is 11.3 Å². The van der Waals surface area contributed by atoms with Gasteiger partial charge in [0.1, 0.15) is 5.82 Å². The Hall–Kier alpha value is -2.97. The lowest BCUT2D eigenvalue weighted by Crippen LogP contribution is -2.52. The van der Waals surface area contributed by atoms with Crippen molar-refractivity contribution < 1.29 is 9.90 Å². The number of aromatic nitrogens is 3. The smallest absolute Gasteiger partial charge is 0.404 e. The Morgan fingerprint density at radius 1 is 1.18 bits per heavy atom. The summed E-state index contributed by atoms with van der Waals surface area (Å²) in [5.74, 6) is 1.60. The first kappa shape index (κ1) is 27.6. The summed E-state index contributed by atoms with van der Waals surface area (Å²) in [6.07, 6.45) is 6.70. The highest BCUT2D eigenvalue weighted by atomic mass is 16.4. The quantitative estimate of drug-likeness (QED) is 0.408. The SMILES string of the molecule is CN(Cc1nc2ccccc2n1C[C@H]1CCCN(CC(NC(=O)O)C(C)(C)C)C1)[C@H]1CCCc2cccnc21. The molecule has 210 valence electrons. The van der Waals surface area contributed by atoms with Gasteiger partial charge >= 0.3 is 6.09 Å². The number of imidazole rings is 1. The van der Waals surface area contributed by atoms with Crippen molar-refractivity contribution in [3.8, 4) is 0 Å². The van der Waals surface area contributed by atoms with E-state index < -0.39 is 6.09 Å². The molecule has 0 saturated carbocycles. The Balaban J connectivity index is 1.34. The Labute approximate surface area is 232 Å². The molecule has 8 heteroatoms. The molecule has 8 nitrogen and oxygen atoms in total. The molecule has 1 amide bonds. The number of nitrogens with zero attached hydrogens (tertiary/aromatic N) is 5. The van der Waals surface area contributed by atoms with Crippen molar-refractivity contribution in [2.75, 3.05) is 26.7 Å². The standard InChI is InChI=1S/C31H44N6O2/c1-31(2,3)27(34-30(38)39)20-36-17-9-10-22(18-36)19-37-25-14-6-5-13-24(25)33-28(37)21-35(4)26-15-7-11-23-12-8-16-32-29(23)26/h5-6,8,12-14,16,22,26-27,34H,7,9-11,15,17-21H2,1-4H3,(H,38,39)/t22-,26-,27?/m0/s1. The van der Waals surface area contributed by atoms with E-state index in [4.69, 9.17) is 9.97 Å². The van der Waals surface area contributed by atoms with Gasteiger partial charge in [-0.2, -0.15) is 0 Å². The van der Waals surface area contributed by atoms with E-state index in [1.54, 1.807) is 0 Å². The van der Waals surface area contributed by atoms with Crippen molar-refractivity contribution in [2.45, 2.75) is 78.0 Å². The zero-order valence-electron chi connectivity index (χ0n) is 23.9. The summed E-state index contributed by atoms with van der Waals surface area (Å²) >= 11 is 0. The Kier molecular flexibility index (Phi) is 8.24. The van der Waals surface area contributed by atoms with E-state index in [9.17, 15) is 9.90 Å². The Bertz CT molecular complexity index is 1280. The maximum Gasteiger partial charge on any atom is 0.404 e. The molecule has 0 radical (unpaired) electrons. The van der Waals surface area contributed by atoms with Crippen LogP contribution in [0.1, 0.15) is 69.6 Å². The highest BCUT2D eigenvalue weighted by Crippen LogP contribution is 2.33. The Morgan fingerprint density at radius 2 is 2.00 bits per heavy atom. The zero-order chi connectivity index (χ0) is 27.6. The zero-order valence-corrected chi connectivity index (χ0v) is 23.9. The van der Waals surface area contributed by atoms with E-state index in [1.165, 1.54) is 29.6 Å². The van der Waals surface area contributed by atoms with Gasteiger partial charge in [-0.1, -0.05) is 39.0 Å². The summed E-state index contributed by atoms with van der Waals surface area (Å²) in [5, 5.41) is 12.2. The second-order valence-electron chi connectivity index (χ2n) is 12.6. The van der Waals surface area contributed by atoms with E-state index >= 15 is 0 Å². The molecular weight excluding hydrogens is 488 g/mol. The van der Waals surface area contributed by atoms with Crippen molar-refractivity contribution in [1.29, 1.82) is 0 Å². The minimum atomic E-state index is -0.946. The minimum Gasteiger partial charge on any atom is -0.465 e. The summed E-state index contributed by atoms with van der Waals surface area (Å²) in [4.78, 5) is 26.2. The third kappa shape index (κ3) is 6.44. The van der Waals surface area contributed by atoms with Crippen LogP contribution in [0.25, 0.3) is 11.0 Å². The molecule has 5 rings (SSSR count). The number of aryl methyl sites for hydroxylation is 1. The average molecular weight is 533 g/mol. The molecular formula is C31H44N6O2. The van der Waals surface area contributed by atoms with Crippen molar-refractivity contribution >= 4 is 17.1 Å². The monoisotopic (exact) mass is 532 g/mol. The van der Waals surface area contributed by atoms with Gasteiger partial charge in [0, 0.05) is 31.9 Å². The predicted molar refractivity (Wildman–Crippen MR) is 155 cm³/mol. The highest BCUT2D eigenvalue weighted by Gasteiger charge is 2.31. The van der Waals surface area contributed by atoms with Crippen molar-refractivity contribution in [3.05, 3.63) is 59.7 Å². The molecule has 1 unspecified atom stereocenters. The van der Waals surface area contributed by atoms with Crippen LogP contribution in [-0.2, 0) is 19.5 Å². The fourth-order valence-corrected chi connectivity index (χ4v) is 6.46. The number of benzene rings is 1. The molecule has 3 aromatic rings. The van der Waals surface area contributed by atoms with Crippen LogP contribution < -0.4 is 5.32 Å². The van der Waals surface area contributed by atoms with E-state index in [0.29, 0.717) is 12.0 Å². The van der Waals surface area contributed by atoms with Gasteiger partial charge in [-0.3, -0.25) is 9.88 Å². The van der Waals surface area contributed by atoms with Crippen molar-refractivity contribution in [3.63, 3.8) is 0 Å². The van der Waals surface area contributed by atoms with E-state index in [1.807, 2.05) is 6.20 Å².